The molecule has 1 saturated carbocycles. The van der Waals surface area contributed by atoms with Crippen molar-refractivity contribution >= 4 is 5.69 Å². The van der Waals surface area contributed by atoms with Crippen molar-refractivity contribution in [2.75, 3.05) is 25.0 Å². The van der Waals surface area contributed by atoms with Crippen LogP contribution in [0.3, 0.4) is 0 Å². The summed E-state index contributed by atoms with van der Waals surface area (Å²) < 4.78 is 0. The molecule has 1 N–H and O–H groups in total. The van der Waals surface area contributed by atoms with Crippen LogP contribution in [0, 0.1) is 5.41 Å². The Bertz CT molecular complexity index is 424. The monoisotopic (exact) mass is 273 g/mol. The van der Waals surface area contributed by atoms with Crippen LogP contribution >= 0.6 is 0 Å². The summed E-state index contributed by atoms with van der Waals surface area (Å²) in [6, 6.07) is 4.73. The Morgan fingerprint density at radius 3 is 2.40 bits per heavy atom. The van der Waals surface area contributed by atoms with Gasteiger partial charge in [-0.15, -0.1) is 0 Å². The Kier molecular flexibility index (Phi) is 3.97. The van der Waals surface area contributed by atoms with Gasteiger partial charge in [-0.3, -0.25) is 4.98 Å². The van der Waals surface area contributed by atoms with Gasteiger partial charge in [-0.05, 0) is 57.2 Å². The smallest absolute Gasteiger partial charge is 0.0571 e. The molecule has 0 bridgehead atoms. The third kappa shape index (κ3) is 2.69. The van der Waals surface area contributed by atoms with E-state index < -0.39 is 0 Å². The van der Waals surface area contributed by atoms with Crippen molar-refractivity contribution in [1.29, 1.82) is 0 Å². The van der Waals surface area contributed by atoms with Gasteiger partial charge in [-0.2, -0.15) is 0 Å². The molecule has 1 aromatic rings. The van der Waals surface area contributed by atoms with Crippen LogP contribution in [-0.4, -0.2) is 25.1 Å². The number of pyridine rings is 1. The van der Waals surface area contributed by atoms with E-state index in [0.717, 1.165) is 5.69 Å². The SMILES string of the molecule is CNC(C)c1ccc(N2CCC3(CCCC3)CC2)cn1. The molecule has 2 aliphatic rings. The first-order valence-corrected chi connectivity index (χ1v) is 8.11. The molecule has 1 aliphatic carbocycles. The second-order valence-corrected chi connectivity index (χ2v) is 6.65. The van der Waals surface area contributed by atoms with Gasteiger partial charge in [0.2, 0.25) is 0 Å². The van der Waals surface area contributed by atoms with Gasteiger partial charge in [0.15, 0.2) is 0 Å². The Hall–Kier alpha value is -1.09. The lowest BCUT2D eigenvalue weighted by atomic mass is 9.77. The zero-order valence-corrected chi connectivity index (χ0v) is 12.9. The Morgan fingerprint density at radius 2 is 1.85 bits per heavy atom. The summed E-state index contributed by atoms with van der Waals surface area (Å²) in [7, 11) is 1.98. The maximum Gasteiger partial charge on any atom is 0.0571 e. The maximum absolute atomic E-state index is 4.61. The molecule has 0 radical (unpaired) electrons. The van der Waals surface area contributed by atoms with Gasteiger partial charge < -0.3 is 10.2 Å². The fraction of sp³-hybridized carbons (Fsp3) is 0.706. The highest BCUT2D eigenvalue weighted by Gasteiger charge is 2.36. The summed E-state index contributed by atoms with van der Waals surface area (Å²) in [4.78, 5) is 7.13. The van der Waals surface area contributed by atoms with E-state index in [4.69, 9.17) is 0 Å². The highest BCUT2D eigenvalue weighted by Crippen LogP contribution is 2.46. The standard InChI is InChI=1S/C17H27N3/c1-14(18-2)16-6-5-15(13-19-16)20-11-9-17(10-12-20)7-3-4-8-17/h5-6,13-14,18H,3-4,7-12H2,1-2H3. The maximum atomic E-state index is 4.61. The van der Waals surface area contributed by atoms with Crippen LogP contribution in [0.25, 0.3) is 0 Å². The molecule has 1 spiro atoms. The van der Waals surface area contributed by atoms with Crippen LogP contribution in [0.15, 0.2) is 18.3 Å². The largest absolute Gasteiger partial charge is 0.370 e. The number of nitrogens with zero attached hydrogens (tertiary/aromatic N) is 2. The van der Waals surface area contributed by atoms with E-state index in [-0.39, 0.29) is 0 Å². The summed E-state index contributed by atoms with van der Waals surface area (Å²) in [5.41, 5.74) is 3.12. The van der Waals surface area contributed by atoms with Crippen LogP contribution < -0.4 is 10.2 Å². The van der Waals surface area contributed by atoms with E-state index in [1.807, 2.05) is 7.05 Å². The number of anilines is 1. The first kappa shape index (κ1) is 13.9. The lowest BCUT2D eigenvalue weighted by Gasteiger charge is -2.40. The van der Waals surface area contributed by atoms with E-state index in [1.165, 1.54) is 57.3 Å². The first-order valence-electron chi connectivity index (χ1n) is 8.11. The van der Waals surface area contributed by atoms with E-state index in [1.54, 1.807) is 0 Å². The van der Waals surface area contributed by atoms with E-state index in [9.17, 15) is 0 Å². The molecule has 110 valence electrons. The highest BCUT2D eigenvalue weighted by molar-refractivity contribution is 5.45. The van der Waals surface area contributed by atoms with Crippen molar-refractivity contribution < 1.29 is 0 Å². The molecule has 0 aromatic carbocycles. The summed E-state index contributed by atoms with van der Waals surface area (Å²) in [5, 5.41) is 3.24. The summed E-state index contributed by atoms with van der Waals surface area (Å²) in [6.45, 7) is 4.57. The topological polar surface area (TPSA) is 28.2 Å². The zero-order valence-electron chi connectivity index (χ0n) is 12.9. The van der Waals surface area contributed by atoms with Crippen LogP contribution in [-0.2, 0) is 0 Å². The van der Waals surface area contributed by atoms with Gasteiger partial charge >= 0.3 is 0 Å². The van der Waals surface area contributed by atoms with Crippen molar-refractivity contribution in [2.45, 2.75) is 51.5 Å². The molecule has 1 unspecified atom stereocenters. The van der Waals surface area contributed by atoms with Gasteiger partial charge in [-0.25, -0.2) is 0 Å². The lowest BCUT2D eigenvalue weighted by Crippen LogP contribution is -2.38. The average molecular weight is 273 g/mol. The van der Waals surface area contributed by atoms with Crippen molar-refractivity contribution in [2.24, 2.45) is 5.41 Å². The van der Waals surface area contributed by atoms with E-state index in [0.29, 0.717) is 11.5 Å². The second-order valence-electron chi connectivity index (χ2n) is 6.65. The molecule has 1 atom stereocenters. The lowest BCUT2D eigenvalue weighted by molar-refractivity contribution is 0.226. The summed E-state index contributed by atoms with van der Waals surface area (Å²) in [6.07, 6.45) is 10.7. The van der Waals surface area contributed by atoms with E-state index >= 15 is 0 Å². The molecule has 1 saturated heterocycles. The number of nitrogens with one attached hydrogen (secondary N) is 1. The van der Waals surface area contributed by atoms with Gasteiger partial charge in [-0.1, -0.05) is 12.8 Å². The van der Waals surface area contributed by atoms with Gasteiger partial charge in [0.1, 0.15) is 0 Å². The summed E-state index contributed by atoms with van der Waals surface area (Å²) >= 11 is 0. The van der Waals surface area contributed by atoms with Crippen molar-refractivity contribution in [3.05, 3.63) is 24.0 Å². The fourth-order valence-corrected chi connectivity index (χ4v) is 3.85. The molecule has 3 rings (SSSR count). The molecule has 1 aliphatic heterocycles. The van der Waals surface area contributed by atoms with Crippen molar-refractivity contribution in [3.63, 3.8) is 0 Å². The number of hydrogen-bond donors (Lipinski definition) is 1. The number of hydrogen-bond acceptors (Lipinski definition) is 3. The third-order valence-electron chi connectivity index (χ3n) is 5.50. The summed E-state index contributed by atoms with van der Waals surface area (Å²) in [5.74, 6) is 0. The minimum Gasteiger partial charge on any atom is -0.370 e. The highest BCUT2D eigenvalue weighted by atomic mass is 15.1. The van der Waals surface area contributed by atoms with Crippen LogP contribution in [0.2, 0.25) is 0 Å². The predicted molar refractivity (Wildman–Crippen MR) is 84.1 cm³/mol. The fourth-order valence-electron chi connectivity index (χ4n) is 3.85. The molecular formula is C17H27N3. The molecule has 2 fully saturated rings. The predicted octanol–water partition coefficient (Wildman–Crippen LogP) is 3.52. The molecule has 3 nitrogen and oxygen atoms in total. The first-order chi connectivity index (χ1) is 9.72. The molecule has 1 aromatic heterocycles. The number of piperidine rings is 1. The minimum absolute atomic E-state index is 0.326. The number of rotatable bonds is 3. The van der Waals surface area contributed by atoms with Crippen LogP contribution in [0.5, 0.6) is 0 Å². The van der Waals surface area contributed by atoms with Crippen LogP contribution in [0.4, 0.5) is 5.69 Å². The molecular weight excluding hydrogens is 246 g/mol. The second kappa shape index (κ2) is 5.72. The Labute approximate surface area is 122 Å². The van der Waals surface area contributed by atoms with Crippen molar-refractivity contribution in [1.82, 2.24) is 10.3 Å². The quantitative estimate of drug-likeness (QED) is 0.913. The van der Waals surface area contributed by atoms with Gasteiger partial charge in [0, 0.05) is 19.1 Å². The molecule has 0 amide bonds. The Balaban J connectivity index is 1.63. The molecule has 20 heavy (non-hydrogen) atoms. The van der Waals surface area contributed by atoms with Crippen molar-refractivity contribution in [3.8, 4) is 0 Å². The Morgan fingerprint density at radius 1 is 1.15 bits per heavy atom. The van der Waals surface area contributed by atoms with Gasteiger partial charge in [0.25, 0.3) is 0 Å². The minimum atomic E-state index is 0.326. The average Bonchev–Trinajstić information content (AvgIpc) is 2.96. The van der Waals surface area contributed by atoms with Gasteiger partial charge in [0.05, 0.1) is 17.6 Å². The van der Waals surface area contributed by atoms with E-state index in [2.05, 4.69) is 40.5 Å². The normalized spacial score (nSPS) is 23.2. The molecule has 2 heterocycles. The third-order valence-corrected chi connectivity index (χ3v) is 5.50. The number of aromatic nitrogens is 1. The molecule has 3 heteroatoms. The van der Waals surface area contributed by atoms with Crippen LogP contribution in [0.1, 0.15) is 57.2 Å². The zero-order chi connectivity index (χ0) is 14.0.